The van der Waals surface area contributed by atoms with Gasteiger partial charge in [-0.05, 0) is 39.8 Å². The van der Waals surface area contributed by atoms with Gasteiger partial charge in [0.2, 0.25) is 0 Å². The van der Waals surface area contributed by atoms with Crippen molar-refractivity contribution in [3.63, 3.8) is 0 Å². The molecule has 0 aliphatic carbocycles. The largest absolute Gasteiger partial charge is 0.444 e. The van der Waals surface area contributed by atoms with E-state index in [1.54, 1.807) is 48.8 Å². The third-order valence-electron chi connectivity index (χ3n) is 5.10. The van der Waals surface area contributed by atoms with E-state index in [0.717, 1.165) is 0 Å². The number of hydrogen-bond acceptors (Lipinski definition) is 6. The minimum Gasteiger partial charge on any atom is -0.444 e. The Balaban J connectivity index is 1.68. The number of aromatic nitrogens is 2. The zero-order chi connectivity index (χ0) is 23.2. The van der Waals surface area contributed by atoms with Gasteiger partial charge in [0, 0.05) is 31.9 Å². The number of ether oxygens (including phenoxy) is 1. The fourth-order valence-corrected chi connectivity index (χ4v) is 3.82. The zero-order valence-corrected chi connectivity index (χ0v) is 18.9. The van der Waals surface area contributed by atoms with Crippen LogP contribution < -0.4 is 4.90 Å². The molecule has 0 bridgehead atoms. The van der Waals surface area contributed by atoms with E-state index in [1.807, 2.05) is 6.92 Å². The van der Waals surface area contributed by atoms with E-state index in [9.17, 15) is 13.6 Å². The fourth-order valence-electron chi connectivity index (χ4n) is 3.63. The molecule has 1 aromatic carbocycles. The highest BCUT2D eigenvalue weighted by Crippen LogP contribution is 2.39. The number of piperazine rings is 1. The quantitative estimate of drug-likeness (QED) is 0.481. The number of nitrogens with zero attached hydrogens (tertiary/aromatic N) is 4. The standard InChI is InChI=1S/C22H23ClF2N4O3/c1-12-11-28(21(30)32-22(2,3)4)9-10-29(12)20-27-18-17(25)15(23)16(24)14(19(18)31-20)13-7-5-6-8-26-13/h5-8,12H,9-11H2,1-4H3. The van der Waals surface area contributed by atoms with E-state index in [2.05, 4.69) is 9.97 Å². The average Bonchev–Trinajstić information content (AvgIpc) is 3.16. The second kappa shape index (κ2) is 8.20. The van der Waals surface area contributed by atoms with Crippen molar-refractivity contribution in [3.05, 3.63) is 41.1 Å². The Morgan fingerprint density at radius 3 is 2.62 bits per heavy atom. The molecule has 10 heteroatoms. The summed E-state index contributed by atoms with van der Waals surface area (Å²) in [5, 5.41) is -0.666. The van der Waals surface area contributed by atoms with E-state index in [4.69, 9.17) is 20.8 Å². The second-order valence-corrected chi connectivity index (χ2v) is 9.05. The van der Waals surface area contributed by atoms with Gasteiger partial charge in [0.15, 0.2) is 17.2 Å². The molecule has 3 heterocycles. The van der Waals surface area contributed by atoms with Crippen LogP contribution in [0.1, 0.15) is 27.7 Å². The Hall–Kier alpha value is -2.94. The van der Waals surface area contributed by atoms with Gasteiger partial charge in [0.05, 0.1) is 11.3 Å². The van der Waals surface area contributed by atoms with Gasteiger partial charge in [-0.25, -0.2) is 13.6 Å². The lowest BCUT2D eigenvalue weighted by atomic mass is 10.1. The number of halogens is 3. The Labute approximate surface area is 188 Å². The maximum absolute atomic E-state index is 14.9. The third kappa shape index (κ3) is 4.09. The van der Waals surface area contributed by atoms with Crippen LogP contribution >= 0.6 is 11.6 Å². The number of pyridine rings is 1. The lowest BCUT2D eigenvalue weighted by Gasteiger charge is -2.39. The molecule has 2 aromatic heterocycles. The normalized spacial score (nSPS) is 17.2. The Bertz CT molecular complexity index is 1160. The topological polar surface area (TPSA) is 71.7 Å². The average molecular weight is 465 g/mol. The molecule has 1 aliphatic heterocycles. The van der Waals surface area contributed by atoms with Crippen molar-refractivity contribution < 1.29 is 22.7 Å². The number of benzene rings is 1. The zero-order valence-electron chi connectivity index (χ0n) is 18.2. The molecular weight excluding hydrogens is 442 g/mol. The van der Waals surface area contributed by atoms with Crippen LogP contribution in [-0.4, -0.2) is 52.2 Å². The Kier molecular flexibility index (Phi) is 5.70. The summed E-state index contributed by atoms with van der Waals surface area (Å²) in [7, 11) is 0. The lowest BCUT2D eigenvalue weighted by Crippen LogP contribution is -2.54. The Morgan fingerprint density at radius 2 is 2.00 bits per heavy atom. The van der Waals surface area contributed by atoms with Crippen LogP contribution in [0.25, 0.3) is 22.4 Å². The summed E-state index contributed by atoms with van der Waals surface area (Å²) in [5.74, 6) is -1.95. The van der Waals surface area contributed by atoms with Crippen molar-refractivity contribution in [1.29, 1.82) is 0 Å². The van der Waals surface area contributed by atoms with Gasteiger partial charge >= 0.3 is 6.09 Å². The fraction of sp³-hybridized carbons (Fsp3) is 0.409. The summed E-state index contributed by atoms with van der Waals surface area (Å²) >= 11 is 5.91. The van der Waals surface area contributed by atoms with E-state index in [1.165, 1.54) is 6.20 Å². The van der Waals surface area contributed by atoms with Gasteiger partial charge in [0.1, 0.15) is 16.1 Å². The minimum atomic E-state index is -0.992. The summed E-state index contributed by atoms with van der Waals surface area (Å²) in [6.07, 6.45) is 1.09. The van der Waals surface area contributed by atoms with E-state index in [-0.39, 0.29) is 34.4 Å². The molecule has 32 heavy (non-hydrogen) atoms. The molecule has 0 saturated carbocycles. The van der Waals surface area contributed by atoms with Gasteiger partial charge in [-0.1, -0.05) is 17.7 Å². The molecule has 0 N–H and O–H groups in total. The van der Waals surface area contributed by atoms with E-state index >= 15 is 0 Å². The Morgan fingerprint density at radius 1 is 1.25 bits per heavy atom. The summed E-state index contributed by atoms with van der Waals surface area (Å²) in [6.45, 7) is 8.41. The van der Waals surface area contributed by atoms with Crippen molar-refractivity contribution in [2.45, 2.75) is 39.3 Å². The van der Waals surface area contributed by atoms with Gasteiger partial charge in [-0.15, -0.1) is 0 Å². The molecule has 4 rings (SSSR count). The number of oxazole rings is 1. The number of anilines is 1. The van der Waals surface area contributed by atoms with Gasteiger partial charge in [-0.3, -0.25) is 4.98 Å². The molecule has 3 aromatic rings. The van der Waals surface area contributed by atoms with E-state index in [0.29, 0.717) is 19.6 Å². The second-order valence-electron chi connectivity index (χ2n) is 8.67. The molecule has 170 valence electrons. The molecule has 1 saturated heterocycles. The maximum atomic E-state index is 14.9. The molecule has 1 atom stereocenters. The molecule has 0 radical (unpaired) electrons. The van der Waals surface area contributed by atoms with Gasteiger partial charge < -0.3 is 19.0 Å². The first-order valence-corrected chi connectivity index (χ1v) is 10.6. The maximum Gasteiger partial charge on any atom is 0.410 e. The predicted molar refractivity (Wildman–Crippen MR) is 117 cm³/mol. The van der Waals surface area contributed by atoms with E-state index < -0.39 is 28.4 Å². The number of amides is 1. The van der Waals surface area contributed by atoms with Gasteiger partial charge in [0.25, 0.3) is 6.01 Å². The summed E-state index contributed by atoms with van der Waals surface area (Å²) in [6, 6.07) is 4.86. The first kappa shape index (κ1) is 22.3. The number of carbonyl (C=O) groups excluding carboxylic acids is 1. The predicted octanol–water partition coefficient (Wildman–Crippen LogP) is 5.27. The van der Waals surface area contributed by atoms with Crippen molar-refractivity contribution in [2.24, 2.45) is 0 Å². The highest BCUT2D eigenvalue weighted by Gasteiger charge is 2.33. The summed E-state index contributed by atoms with van der Waals surface area (Å²) < 4.78 is 41.0. The summed E-state index contributed by atoms with van der Waals surface area (Å²) in [5.41, 5.74) is -0.637. The SMILES string of the molecule is CC1CN(C(=O)OC(C)(C)C)CCN1c1nc2c(F)c(Cl)c(F)c(-c3ccccn3)c2o1. The molecule has 7 nitrogen and oxygen atoms in total. The van der Waals surface area contributed by atoms with Crippen LogP contribution in [0, 0.1) is 11.6 Å². The number of carbonyl (C=O) groups is 1. The van der Waals surface area contributed by atoms with Crippen LogP contribution in [0.15, 0.2) is 28.8 Å². The molecule has 1 fully saturated rings. The molecule has 1 amide bonds. The minimum absolute atomic E-state index is 0.0502. The number of hydrogen-bond donors (Lipinski definition) is 0. The lowest BCUT2D eigenvalue weighted by molar-refractivity contribution is 0.0216. The van der Waals surface area contributed by atoms with Crippen LogP contribution in [-0.2, 0) is 4.74 Å². The number of rotatable bonds is 2. The first-order chi connectivity index (χ1) is 15.1. The smallest absolute Gasteiger partial charge is 0.410 e. The monoisotopic (exact) mass is 464 g/mol. The van der Waals surface area contributed by atoms with Crippen LogP contribution in [0.4, 0.5) is 19.6 Å². The highest BCUT2D eigenvalue weighted by atomic mass is 35.5. The van der Waals surface area contributed by atoms with Gasteiger partial charge in [-0.2, -0.15) is 4.98 Å². The van der Waals surface area contributed by atoms with Crippen molar-refractivity contribution in [2.75, 3.05) is 24.5 Å². The summed E-state index contributed by atoms with van der Waals surface area (Å²) in [4.78, 5) is 24.2. The highest BCUT2D eigenvalue weighted by molar-refractivity contribution is 6.32. The molecule has 0 spiro atoms. The van der Waals surface area contributed by atoms with Crippen LogP contribution in [0.3, 0.4) is 0 Å². The van der Waals surface area contributed by atoms with Crippen molar-refractivity contribution in [1.82, 2.24) is 14.9 Å². The molecule has 1 aliphatic rings. The van der Waals surface area contributed by atoms with Crippen LogP contribution in [0.2, 0.25) is 5.02 Å². The number of fused-ring (bicyclic) bond motifs is 1. The molecular formula is C22H23ClF2N4O3. The van der Waals surface area contributed by atoms with Crippen LogP contribution in [0.5, 0.6) is 0 Å². The third-order valence-corrected chi connectivity index (χ3v) is 5.43. The molecule has 1 unspecified atom stereocenters. The first-order valence-electron chi connectivity index (χ1n) is 10.2. The van der Waals surface area contributed by atoms with Crippen molar-refractivity contribution >= 4 is 34.8 Å². The van der Waals surface area contributed by atoms with Crippen molar-refractivity contribution in [3.8, 4) is 11.3 Å².